The highest BCUT2D eigenvalue weighted by atomic mass is 15.4. The first kappa shape index (κ1) is 36.4. The molecule has 0 spiro atoms. The van der Waals surface area contributed by atoms with Gasteiger partial charge in [0.05, 0.1) is 0 Å². The Morgan fingerprint density at radius 3 is 0.897 bits per heavy atom. The molecule has 0 aromatic carbocycles. The molecule has 0 N–H and O–H groups in total. The van der Waals surface area contributed by atoms with Gasteiger partial charge >= 0.3 is 0 Å². The molecule has 1 heterocycles. The average Bonchev–Trinajstić information content (AvgIpc) is 3.33. The zero-order chi connectivity index (χ0) is 28.1. The third-order valence-corrected chi connectivity index (χ3v) is 9.07. The van der Waals surface area contributed by atoms with Crippen molar-refractivity contribution in [2.75, 3.05) is 13.1 Å². The van der Waals surface area contributed by atoms with E-state index in [-0.39, 0.29) is 0 Å². The smallest absolute Gasteiger partial charge is 0.101 e. The maximum absolute atomic E-state index is 2.71. The molecule has 39 heavy (non-hydrogen) atoms. The third-order valence-electron chi connectivity index (χ3n) is 9.07. The van der Waals surface area contributed by atoms with Gasteiger partial charge in [0.1, 0.15) is 6.17 Å². The molecule has 1 aliphatic rings. The molecule has 2 heteroatoms. The van der Waals surface area contributed by atoms with Crippen LogP contribution in [-0.4, -0.2) is 29.1 Å². The summed E-state index contributed by atoms with van der Waals surface area (Å²) in [5, 5.41) is 0. The van der Waals surface area contributed by atoms with Crippen LogP contribution >= 0.6 is 0 Å². The molecular formula is C37H74N2. The molecule has 0 aromatic heterocycles. The second kappa shape index (κ2) is 28.9. The van der Waals surface area contributed by atoms with Crippen LogP contribution in [0.4, 0.5) is 0 Å². The monoisotopic (exact) mass is 547 g/mol. The predicted octanol–water partition coefficient (Wildman–Crippen LogP) is 12.8. The van der Waals surface area contributed by atoms with E-state index >= 15 is 0 Å². The van der Waals surface area contributed by atoms with Crippen LogP contribution in [0, 0.1) is 0 Å². The summed E-state index contributed by atoms with van der Waals surface area (Å²) in [6, 6.07) is 0. The van der Waals surface area contributed by atoms with Gasteiger partial charge in [-0.05, 0) is 25.7 Å². The highest BCUT2D eigenvalue weighted by molar-refractivity contribution is 4.97. The first-order valence-corrected chi connectivity index (χ1v) is 18.5. The Labute approximate surface area is 248 Å². The minimum Gasteiger partial charge on any atom is -0.356 e. The van der Waals surface area contributed by atoms with E-state index in [2.05, 4.69) is 43.0 Å². The topological polar surface area (TPSA) is 6.48 Å². The minimum absolute atomic E-state index is 0.641. The number of hydrogen-bond acceptors (Lipinski definition) is 2. The molecule has 1 unspecified atom stereocenters. The molecule has 0 saturated heterocycles. The molecule has 0 saturated carbocycles. The first-order chi connectivity index (χ1) is 19.3. The van der Waals surface area contributed by atoms with Crippen molar-refractivity contribution in [1.82, 2.24) is 9.80 Å². The second-order valence-corrected chi connectivity index (χ2v) is 12.9. The van der Waals surface area contributed by atoms with Crippen molar-refractivity contribution in [2.24, 2.45) is 0 Å². The molecular weight excluding hydrogens is 472 g/mol. The van der Waals surface area contributed by atoms with Gasteiger partial charge in [-0.3, -0.25) is 0 Å². The lowest BCUT2D eigenvalue weighted by molar-refractivity contribution is 0.135. The van der Waals surface area contributed by atoms with E-state index in [1.807, 2.05) is 0 Å². The molecule has 1 rings (SSSR count). The van der Waals surface area contributed by atoms with Crippen molar-refractivity contribution in [3.8, 4) is 0 Å². The summed E-state index contributed by atoms with van der Waals surface area (Å²) < 4.78 is 0. The fraction of sp³-hybridized carbons (Fsp3) is 0.946. The number of rotatable bonds is 31. The summed E-state index contributed by atoms with van der Waals surface area (Å²) in [5.41, 5.74) is 0. The summed E-state index contributed by atoms with van der Waals surface area (Å²) in [5.74, 6) is 0. The van der Waals surface area contributed by atoms with E-state index in [9.17, 15) is 0 Å². The molecule has 0 radical (unpaired) electrons. The quantitative estimate of drug-likeness (QED) is 0.0798. The maximum atomic E-state index is 2.71. The van der Waals surface area contributed by atoms with Crippen LogP contribution in [0.1, 0.15) is 207 Å². The van der Waals surface area contributed by atoms with Crippen molar-refractivity contribution in [3.63, 3.8) is 0 Å². The fourth-order valence-electron chi connectivity index (χ4n) is 6.36. The van der Waals surface area contributed by atoms with Crippen molar-refractivity contribution >= 4 is 0 Å². The van der Waals surface area contributed by atoms with Gasteiger partial charge in [-0.15, -0.1) is 0 Å². The van der Waals surface area contributed by atoms with E-state index in [1.54, 1.807) is 0 Å². The van der Waals surface area contributed by atoms with E-state index < -0.39 is 0 Å². The van der Waals surface area contributed by atoms with Crippen LogP contribution in [0.15, 0.2) is 12.4 Å². The molecule has 0 aliphatic carbocycles. The Morgan fingerprint density at radius 2 is 0.590 bits per heavy atom. The molecule has 2 nitrogen and oxygen atoms in total. The van der Waals surface area contributed by atoms with Crippen LogP contribution in [0.5, 0.6) is 0 Å². The predicted molar refractivity (Wildman–Crippen MR) is 177 cm³/mol. The first-order valence-electron chi connectivity index (χ1n) is 18.5. The van der Waals surface area contributed by atoms with E-state index in [0.717, 1.165) is 0 Å². The normalized spacial score (nSPS) is 15.2. The van der Waals surface area contributed by atoms with Gasteiger partial charge in [0.2, 0.25) is 0 Å². The SMILES string of the molecule is CCCCCCCCCCCCCC1N(CCCCCCCCCC)C=CN1CCCCCCCCCCC. The summed E-state index contributed by atoms with van der Waals surface area (Å²) in [4.78, 5) is 5.42. The van der Waals surface area contributed by atoms with Crippen LogP contribution in [0.3, 0.4) is 0 Å². The highest BCUT2D eigenvalue weighted by Gasteiger charge is 2.24. The van der Waals surface area contributed by atoms with E-state index in [1.165, 1.54) is 199 Å². The number of hydrogen-bond donors (Lipinski definition) is 0. The Balaban J connectivity index is 2.24. The van der Waals surface area contributed by atoms with Crippen molar-refractivity contribution in [1.29, 1.82) is 0 Å². The summed E-state index contributed by atoms with van der Waals surface area (Å²) >= 11 is 0. The molecule has 0 fully saturated rings. The van der Waals surface area contributed by atoms with Gasteiger partial charge in [-0.25, -0.2) is 0 Å². The Hall–Kier alpha value is -0.660. The van der Waals surface area contributed by atoms with Crippen LogP contribution < -0.4 is 0 Å². The van der Waals surface area contributed by atoms with Crippen LogP contribution in [0.2, 0.25) is 0 Å². The Kier molecular flexibility index (Phi) is 26.9. The standard InChI is InChI=1S/C37H74N2/c1-4-7-10-13-16-19-20-21-23-26-29-32-37-38(33-30-27-24-18-15-12-9-6-3)35-36-39(37)34-31-28-25-22-17-14-11-8-5-2/h35-37H,4-34H2,1-3H3. The van der Waals surface area contributed by atoms with Crippen molar-refractivity contribution in [2.45, 2.75) is 213 Å². The van der Waals surface area contributed by atoms with Gasteiger partial charge in [-0.1, -0.05) is 181 Å². The summed E-state index contributed by atoms with van der Waals surface area (Å²) in [6.07, 6.45) is 46.9. The maximum Gasteiger partial charge on any atom is 0.101 e. The van der Waals surface area contributed by atoms with Crippen molar-refractivity contribution < 1.29 is 0 Å². The summed E-state index contributed by atoms with van der Waals surface area (Å²) in [6.45, 7) is 9.47. The summed E-state index contributed by atoms with van der Waals surface area (Å²) in [7, 11) is 0. The largest absolute Gasteiger partial charge is 0.356 e. The lowest BCUT2D eigenvalue weighted by Gasteiger charge is -2.33. The van der Waals surface area contributed by atoms with Gasteiger partial charge in [-0.2, -0.15) is 0 Å². The van der Waals surface area contributed by atoms with E-state index in [0.29, 0.717) is 6.17 Å². The van der Waals surface area contributed by atoms with Gasteiger partial charge in [0.25, 0.3) is 0 Å². The molecule has 1 atom stereocenters. The minimum atomic E-state index is 0.641. The second-order valence-electron chi connectivity index (χ2n) is 12.9. The van der Waals surface area contributed by atoms with Gasteiger partial charge < -0.3 is 9.80 Å². The lowest BCUT2D eigenvalue weighted by Crippen LogP contribution is -2.39. The zero-order valence-corrected chi connectivity index (χ0v) is 27.5. The Morgan fingerprint density at radius 1 is 0.333 bits per heavy atom. The van der Waals surface area contributed by atoms with Crippen LogP contribution in [0.25, 0.3) is 0 Å². The zero-order valence-electron chi connectivity index (χ0n) is 27.5. The molecule has 0 amide bonds. The molecule has 1 aliphatic heterocycles. The molecule has 0 bridgehead atoms. The average molecular weight is 547 g/mol. The van der Waals surface area contributed by atoms with Gasteiger partial charge in [0.15, 0.2) is 0 Å². The molecule has 0 aromatic rings. The number of nitrogens with zero attached hydrogens (tertiary/aromatic N) is 2. The number of unbranched alkanes of at least 4 members (excludes halogenated alkanes) is 25. The third kappa shape index (κ3) is 21.7. The van der Waals surface area contributed by atoms with E-state index in [4.69, 9.17) is 0 Å². The van der Waals surface area contributed by atoms with Crippen LogP contribution in [-0.2, 0) is 0 Å². The lowest BCUT2D eigenvalue weighted by atomic mass is 10.0. The highest BCUT2D eigenvalue weighted by Crippen LogP contribution is 2.24. The fourth-order valence-corrected chi connectivity index (χ4v) is 6.36. The van der Waals surface area contributed by atoms with Gasteiger partial charge in [0, 0.05) is 25.5 Å². The van der Waals surface area contributed by atoms with Crippen molar-refractivity contribution in [3.05, 3.63) is 12.4 Å². The Bertz CT molecular complexity index is 502. The molecule has 232 valence electrons.